The summed E-state index contributed by atoms with van der Waals surface area (Å²) in [6, 6.07) is 7.74. The van der Waals surface area contributed by atoms with Crippen LogP contribution in [-0.4, -0.2) is 52.4 Å². The molecule has 2 aromatic rings. The van der Waals surface area contributed by atoms with Crippen LogP contribution in [0.4, 0.5) is 10.1 Å². The Morgan fingerprint density at radius 2 is 1.84 bits per heavy atom. The van der Waals surface area contributed by atoms with E-state index in [-0.39, 0.29) is 34.7 Å². The number of amides is 2. The molecule has 2 aromatic carbocycles. The molecule has 0 bridgehead atoms. The topological polar surface area (TPSA) is 111 Å². The number of carbonyl (C=O) groups excluding carboxylic acids is 2. The van der Waals surface area contributed by atoms with Crippen molar-refractivity contribution in [1.82, 2.24) is 10.6 Å². The lowest BCUT2D eigenvalue weighted by Crippen LogP contribution is -2.49. The zero-order valence-electron chi connectivity index (χ0n) is 21.4. The Morgan fingerprint density at radius 1 is 1.16 bits per heavy atom. The van der Waals surface area contributed by atoms with Gasteiger partial charge in [-0.15, -0.1) is 0 Å². The van der Waals surface area contributed by atoms with Crippen LogP contribution in [0.1, 0.15) is 57.1 Å². The second kappa shape index (κ2) is 9.75. The van der Waals surface area contributed by atoms with Crippen LogP contribution in [-0.2, 0) is 15.0 Å². The summed E-state index contributed by atoms with van der Waals surface area (Å²) in [6.07, 6.45) is -0.959. The maximum absolute atomic E-state index is 15.8. The van der Waals surface area contributed by atoms with E-state index in [1.54, 1.807) is 30.3 Å². The van der Waals surface area contributed by atoms with Crippen molar-refractivity contribution < 1.29 is 24.2 Å². The number of aliphatic hydroxyl groups excluding tert-OH is 2. The van der Waals surface area contributed by atoms with Crippen molar-refractivity contribution in [3.8, 4) is 0 Å². The molecule has 7 nitrogen and oxygen atoms in total. The molecule has 7 atom stereocenters. The Balaban J connectivity index is 1.68. The molecule has 0 radical (unpaired) electrons. The van der Waals surface area contributed by atoms with E-state index in [0.29, 0.717) is 22.7 Å². The largest absolute Gasteiger partial charge is 0.390 e. The highest BCUT2D eigenvalue weighted by Crippen LogP contribution is 2.57. The van der Waals surface area contributed by atoms with E-state index in [0.717, 1.165) is 0 Å². The number of benzene rings is 2. The molecule has 204 valence electrons. The standard InChI is InChI=1S/C28H32Cl2FN3O4/c1-27(2,3)12-21-28(16-8-7-13(29)9-18(16)33-26(28)38)22(15-5-4-6-17(30)23(15)31)24(34-21)25(37)32-14-10-19(35)20(36)11-14/h4-9,14,19-22,24,34-36H,10-12H2,1-3H3,(H,32,37)(H,33,38)/t14-,19+,20-,21-,22+,24-,28+/m1/s1. The number of carbonyl (C=O) groups is 2. The van der Waals surface area contributed by atoms with Crippen molar-refractivity contribution in [2.45, 2.75) is 81.7 Å². The lowest BCUT2D eigenvalue weighted by atomic mass is 9.62. The summed E-state index contributed by atoms with van der Waals surface area (Å²) < 4.78 is 15.8. The maximum atomic E-state index is 15.8. The third-order valence-electron chi connectivity index (χ3n) is 8.06. The fraction of sp³-hybridized carbons (Fsp3) is 0.500. The van der Waals surface area contributed by atoms with Gasteiger partial charge < -0.3 is 26.2 Å². The highest BCUT2D eigenvalue weighted by Gasteiger charge is 2.66. The smallest absolute Gasteiger partial charge is 0.238 e. The van der Waals surface area contributed by atoms with Gasteiger partial charge in [0.15, 0.2) is 0 Å². The monoisotopic (exact) mass is 563 g/mol. The highest BCUT2D eigenvalue weighted by atomic mass is 35.5. The summed E-state index contributed by atoms with van der Waals surface area (Å²) in [6.45, 7) is 6.13. The van der Waals surface area contributed by atoms with Crippen LogP contribution < -0.4 is 16.0 Å². The van der Waals surface area contributed by atoms with E-state index >= 15 is 4.39 Å². The van der Waals surface area contributed by atoms with Crippen LogP contribution in [0.15, 0.2) is 36.4 Å². The first-order valence-corrected chi connectivity index (χ1v) is 13.6. The van der Waals surface area contributed by atoms with Gasteiger partial charge in [-0.05, 0) is 54.0 Å². The number of aliphatic hydroxyl groups is 2. The average molecular weight is 564 g/mol. The Hall–Kier alpha value is -2.23. The van der Waals surface area contributed by atoms with E-state index in [1.165, 1.54) is 6.07 Å². The van der Waals surface area contributed by atoms with Gasteiger partial charge in [0.2, 0.25) is 11.8 Å². The van der Waals surface area contributed by atoms with E-state index in [2.05, 4.69) is 16.0 Å². The molecule has 0 unspecified atom stereocenters. The number of nitrogens with one attached hydrogen (secondary N) is 3. The number of fused-ring (bicyclic) bond motifs is 2. The molecule has 5 N–H and O–H groups in total. The molecule has 2 fully saturated rings. The molecule has 2 heterocycles. The Morgan fingerprint density at radius 3 is 2.50 bits per heavy atom. The third kappa shape index (κ3) is 4.50. The number of anilines is 1. The van der Waals surface area contributed by atoms with Gasteiger partial charge in [0, 0.05) is 28.7 Å². The number of hydrogen-bond acceptors (Lipinski definition) is 5. The molecule has 1 spiro atoms. The van der Waals surface area contributed by atoms with Crippen LogP contribution in [0.25, 0.3) is 0 Å². The summed E-state index contributed by atoms with van der Waals surface area (Å²) in [5.41, 5.74) is -0.261. The van der Waals surface area contributed by atoms with Gasteiger partial charge >= 0.3 is 0 Å². The first-order chi connectivity index (χ1) is 17.8. The zero-order chi connectivity index (χ0) is 27.6. The van der Waals surface area contributed by atoms with Crippen LogP contribution in [0.2, 0.25) is 10.0 Å². The van der Waals surface area contributed by atoms with Crippen LogP contribution in [0.3, 0.4) is 0 Å². The number of hydrogen-bond donors (Lipinski definition) is 5. The summed E-state index contributed by atoms with van der Waals surface area (Å²) in [4.78, 5) is 28.0. The minimum Gasteiger partial charge on any atom is -0.390 e. The van der Waals surface area contributed by atoms with Gasteiger partial charge in [-0.1, -0.05) is 62.2 Å². The number of rotatable bonds is 4. The van der Waals surface area contributed by atoms with Gasteiger partial charge in [-0.2, -0.15) is 0 Å². The molecule has 3 aliphatic rings. The van der Waals surface area contributed by atoms with Crippen molar-refractivity contribution in [2.75, 3.05) is 5.32 Å². The van der Waals surface area contributed by atoms with Crippen molar-refractivity contribution in [1.29, 1.82) is 0 Å². The molecular weight excluding hydrogens is 532 g/mol. The first-order valence-electron chi connectivity index (χ1n) is 12.8. The molecule has 1 aliphatic carbocycles. The van der Waals surface area contributed by atoms with Gasteiger partial charge in [0.1, 0.15) is 11.2 Å². The molecule has 1 saturated heterocycles. The van der Waals surface area contributed by atoms with E-state index in [4.69, 9.17) is 23.2 Å². The maximum Gasteiger partial charge on any atom is 0.238 e. The Kier molecular flexibility index (Phi) is 7.02. The SMILES string of the molecule is CC(C)(C)C[C@H]1N[C@@H](C(=O)N[C@H]2C[C@@H](O)[C@@H](O)C2)[C@H](c2cccc(Cl)c2F)[C@@]12C(=O)Nc1cc(Cl)ccc12. The van der Waals surface area contributed by atoms with E-state index < -0.39 is 53.4 Å². The van der Waals surface area contributed by atoms with Gasteiger partial charge in [-0.3, -0.25) is 9.59 Å². The van der Waals surface area contributed by atoms with Crippen molar-refractivity contribution in [2.24, 2.45) is 5.41 Å². The molecule has 10 heteroatoms. The normalized spacial score (nSPS) is 32.5. The first kappa shape index (κ1) is 27.3. The van der Waals surface area contributed by atoms with Crippen molar-refractivity contribution in [3.63, 3.8) is 0 Å². The van der Waals surface area contributed by atoms with Crippen LogP contribution >= 0.6 is 23.2 Å². The Bertz CT molecular complexity index is 1280. The minimum atomic E-state index is -1.34. The molecule has 2 aliphatic heterocycles. The van der Waals surface area contributed by atoms with Gasteiger partial charge in [0.25, 0.3) is 0 Å². The van der Waals surface area contributed by atoms with Gasteiger partial charge in [0.05, 0.1) is 23.3 Å². The number of halogens is 3. The predicted octanol–water partition coefficient (Wildman–Crippen LogP) is 3.88. The lowest BCUT2D eigenvalue weighted by Gasteiger charge is -2.37. The second-order valence-corrected chi connectivity index (χ2v) is 12.8. The zero-order valence-corrected chi connectivity index (χ0v) is 22.9. The second-order valence-electron chi connectivity index (χ2n) is 11.9. The molecular formula is C28H32Cl2FN3O4. The summed E-state index contributed by atoms with van der Waals surface area (Å²) in [5, 5.41) is 29.6. The molecule has 1 saturated carbocycles. The lowest BCUT2D eigenvalue weighted by molar-refractivity contribution is -0.124. The van der Waals surface area contributed by atoms with E-state index in [9.17, 15) is 19.8 Å². The molecule has 0 aromatic heterocycles. The van der Waals surface area contributed by atoms with Crippen molar-refractivity contribution >= 4 is 40.7 Å². The minimum absolute atomic E-state index is 0.104. The fourth-order valence-corrected chi connectivity index (χ4v) is 6.91. The Labute approximate surface area is 231 Å². The molecule has 38 heavy (non-hydrogen) atoms. The van der Waals surface area contributed by atoms with E-state index in [1.807, 2.05) is 20.8 Å². The highest BCUT2D eigenvalue weighted by molar-refractivity contribution is 6.31. The summed E-state index contributed by atoms with van der Waals surface area (Å²) in [7, 11) is 0. The quantitative estimate of drug-likeness (QED) is 0.387. The van der Waals surface area contributed by atoms with Crippen LogP contribution in [0.5, 0.6) is 0 Å². The molecule has 5 rings (SSSR count). The summed E-state index contributed by atoms with van der Waals surface area (Å²) in [5.74, 6) is -2.42. The average Bonchev–Trinajstić information content (AvgIpc) is 3.41. The summed E-state index contributed by atoms with van der Waals surface area (Å²) >= 11 is 12.5. The van der Waals surface area contributed by atoms with Gasteiger partial charge in [-0.25, -0.2) is 4.39 Å². The van der Waals surface area contributed by atoms with Crippen molar-refractivity contribution in [3.05, 3.63) is 63.4 Å². The fourth-order valence-electron chi connectivity index (χ4n) is 6.55. The predicted molar refractivity (Wildman–Crippen MR) is 144 cm³/mol. The van der Waals surface area contributed by atoms with Crippen LogP contribution in [0, 0.1) is 11.2 Å². The third-order valence-corrected chi connectivity index (χ3v) is 8.59. The molecule has 2 amide bonds.